The van der Waals surface area contributed by atoms with Crippen LogP contribution in [-0.4, -0.2) is 253 Å². The van der Waals surface area contributed by atoms with Gasteiger partial charge >= 0.3 is 125 Å². The van der Waals surface area contributed by atoms with Gasteiger partial charge in [0.1, 0.15) is 6.61 Å². The first-order chi connectivity index (χ1) is 42.8. The summed E-state index contributed by atoms with van der Waals surface area (Å²) in [5.41, 5.74) is 7.43. The molecule has 1 aromatic carbocycles. The fraction of sp³-hybridized carbons (Fsp3) is 0.759. The van der Waals surface area contributed by atoms with Crippen molar-refractivity contribution in [3.8, 4) is 0 Å². The van der Waals surface area contributed by atoms with Crippen molar-refractivity contribution in [2.24, 2.45) is 17.6 Å². The van der Waals surface area contributed by atoms with Gasteiger partial charge in [-0.15, -0.1) is 5.10 Å². The molecule has 500 valence electrons. The van der Waals surface area contributed by atoms with Crippen molar-refractivity contribution in [3.63, 3.8) is 0 Å². The predicted octanol–water partition coefficient (Wildman–Crippen LogP) is 2.13. The molecule has 0 radical (unpaired) electrons. The van der Waals surface area contributed by atoms with E-state index in [9.17, 15) is 28.8 Å². The first-order valence-electron chi connectivity index (χ1n) is 30.3. The van der Waals surface area contributed by atoms with Crippen LogP contribution in [0.1, 0.15) is 64.1 Å². The van der Waals surface area contributed by atoms with Crippen molar-refractivity contribution < 1.29 is 95.1 Å². The molecule has 0 unspecified atom stereocenters. The van der Waals surface area contributed by atoms with Crippen LogP contribution < -0.4 is 25.2 Å². The predicted molar refractivity (Wildman–Crippen MR) is 330 cm³/mol. The second-order valence-corrected chi connectivity index (χ2v) is 22.4. The minimum atomic E-state index is -2.15. The number of nitrogens with two attached hydrogens (primary N) is 1. The van der Waals surface area contributed by atoms with Crippen LogP contribution in [0, 0.1) is 11.8 Å². The number of carbonyl (C=O) groups is 6. The van der Waals surface area contributed by atoms with Gasteiger partial charge in [0.25, 0.3) is 0 Å². The third kappa shape index (κ3) is 46.3. The van der Waals surface area contributed by atoms with Gasteiger partial charge in [0, 0.05) is 51.5 Å². The SMILES string of the molecule is [2H]I(CC)NC(=O)COCCc1ccc(NC(=O)[C@H](CCCNC(N)=O)CC(=O)[C@@H](NC(=O)CCOCCOCCOCCOCCOCCOCCOCCOCCOCCOCCOCCOCCn2cc(CCC(=O)COC)nn2)C(C)C)cc1. The molecule has 0 bridgehead atoms. The van der Waals surface area contributed by atoms with E-state index in [0.717, 1.165) is 11.3 Å². The van der Waals surface area contributed by atoms with E-state index in [4.69, 9.17) is 72.6 Å². The average Bonchev–Trinajstić information content (AvgIpc) is 3.71. The molecule has 2 aromatic rings. The number of alkyl halides is 1. The summed E-state index contributed by atoms with van der Waals surface area (Å²) in [7, 11) is 1.50. The molecule has 0 spiro atoms. The van der Waals surface area contributed by atoms with E-state index in [-0.39, 0.29) is 87.4 Å². The van der Waals surface area contributed by atoms with Crippen LogP contribution >= 0.6 is 21.3 Å². The molecule has 29 heteroatoms. The Morgan fingerprint density at radius 3 is 1.55 bits per heavy atom. The number of primary amides is 1. The molecule has 5 amide bonds. The number of Topliss-reactive ketones (excluding diaryl/α,β-unsaturated/α-hetero) is 2. The van der Waals surface area contributed by atoms with Gasteiger partial charge in [-0.25, -0.2) is 9.48 Å². The fourth-order valence-electron chi connectivity index (χ4n) is 7.55. The number of aryl methyl sites for hydroxylation is 1. The number of anilines is 1. The number of hydrogen-bond acceptors (Lipinski definition) is 22. The van der Waals surface area contributed by atoms with Crippen LogP contribution in [-0.2, 0) is 110 Å². The normalized spacial score (nSPS) is 12.4. The number of ketones is 2. The summed E-state index contributed by atoms with van der Waals surface area (Å²) in [5.74, 6) is -2.28. The first-order valence-corrected chi connectivity index (χ1v) is 32.5. The maximum absolute atomic E-state index is 13.7. The van der Waals surface area contributed by atoms with Gasteiger partial charge in [0.2, 0.25) is 5.91 Å². The molecule has 6 N–H and O–H groups in total. The summed E-state index contributed by atoms with van der Waals surface area (Å²) in [4.78, 5) is 74.8. The van der Waals surface area contributed by atoms with E-state index in [2.05, 4.69) is 29.8 Å². The topological polar surface area (TPSA) is 336 Å². The van der Waals surface area contributed by atoms with Crippen LogP contribution in [0.5, 0.6) is 0 Å². The molecule has 0 aliphatic rings. The van der Waals surface area contributed by atoms with Crippen molar-refractivity contribution in [2.75, 3.05) is 202 Å². The van der Waals surface area contributed by atoms with Crippen LogP contribution in [0.4, 0.5) is 10.5 Å². The van der Waals surface area contributed by atoms with E-state index in [1.165, 1.54) is 7.11 Å². The van der Waals surface area contributed by atoms with Gasteiger partial charge in [0.15, 0.2) is 11.6 Å². The van der Waals surface area contributed by atoms with Gasteiger partial charge in [-0.1, -0.05) is 19.1 Å². The zero-order chi connectivity index (χ0) is 63.9. The number of carbonyl (C=O) groups excluding carboxylic acids is 6. The van der Waals surface area contributed by atoms with Crippen LogP contribution in [0.3, 0.4) is 0 Å². The summed E-state index contributed by atoms with van der Waals surface area (Å²) in [6, 6.07) is 5.62. The van der Waals surface area contributed by atoms with Crippen molar-refractivity contribution in [3.05, 3.63) is 41.7 Å². The Kier molecular flexibility index (Phi) is 49.1. The third-order valence-electron chi connectivity index (χ3n) is 12.1. The second-order valence-electron chi connectivity index (χ2n) is 19.5. The van der Waals surface area contributed by atoms with Crippen LogP contribution in [0.15, 0.2) is 30.5 Å². The molecule has 1 aromatic heterocycles. The summed E-state index contributed by atoms with van der Waals surface area (Å²) in [6.07, 6.45) is 3.83. The number of nitrogens with zero attached hydrogens (tertiary/aromatic N) is 3. The first kappa shape index (κ1) is 76.8. The van der Waals surface area contributed by atoms with Crippen molar-refractivity contribution in [1.29, 1.82) is 0.594 Å². The summed E-state index contributed by atoms with van der Waals surface area (Å²) < 4.78 is 89.6. The number of nitrogens with one attached hydrogen (secondary N) is 4. The molecule has 2 rings (SSSR count). The van der Waals surface area contributed by atoms with E-state index in [0.29, 0.717) is 194 Å². The molecule has 0 aliphatic heterocycles. The second kappa shape index (κ2) is 55.6. The average molecular weight is 1360 g/mol. The van der Waals surface area contributed by atoms with Gasteiger partial charge in [0.05, 0.1) is 177 Å². The molecule has 87 heavy (non-hydrogen) atoms. The Labute approximate surface area is 524 Å². The Bertz CT molecular complexity index is 2110. The molecule has 28 nitrogen and oxygen atoms in total. The molecule has 0 saturated heterocycles. The molecule has 0 saturated carbocycles. The number of benzene rings is 1. The third-order valence-corrected chi connectivity index (χ3v) is 13.8. The minimum absolute atomic E-state index is 0.0243. The maximum atomic E-state index is 13.7. The van der Waals surface area contributed by atoms with Crippen LogP contribution in [0.25, 0.3) is 0 Å². The van der Waals surface area contributed by atoms with E-state index >= 15 is 0 Å². The number of amides is 5. The Morgan fingerprint density at radius 2 is 1.09 bits per heavy atom. The summed E-state index contributed by atoms with van der Waals surface area (Å²) in [5, 5.41) is 16.3. The number of aromatic nitrogens is 3. The molecule has 0 aliphatic carbocycles. The standard InChI is InChI=1S/C58H101IN8O20/c1-5-59-64-55(71)46-87-18-14-48-8-10-50(11-9-48)62-57(72)49(7-6-16-61-58(60)73)43-53(69)56(47(2)3)63-54(70)15-19-75-21-23-77-25-27-79-29-31-81-33-35-83-37-39-85-41-42-86-40-38-84-36-34-82-32-30-80-28-26-78-24-22-76-20-17-67-44-51(65-66-67)12-13-52(68)45-74-4/h8-11,44,47,49,56,59H,5-7,12-43,45-46H2,1-4H3,(H,62,72)(H,63,70)(H,64,71)(H3,60,61,73)/t49-,56+/m1/s1/i59D. The summed E-state index contributed by atoms with van der Waals surface area (Å²) >= 11 is -2.15. The molecular weight excluding hydrogens is 1260 g/mol. The monoisotopic (exact) mass is 1360 g/mol. The van der Waals surface area contributed by atoms with E-state index in [1.807, 2.05) is 39.1 Å². The Hall–Kier alpha value is -4.45. The van der Waals surface area contributed by atoms with Gasteiger partial charge in [-0.05, 0) is 18.8 Å². The quantitative estimate of drug-likeness (QED) is 0.0274. The summed E-state index contributed by atoms with van der Waals surface area (Å²) in [6.45, 7) is 16.6. The van der Waals surface area contributed by atoms with Crippen molar-refractivity contribution in [1.82, 2.24) is 29.2 Å². The van der Waals surface area contributed by atoms with Crippen molar-refractivity contribution in [2.45, 2.75) is 78.3 Å². The van der Waals surface area contributed by atoms with E-state index < -0.39 is 39.3 Å². The molecular formula is C58H101IN8O20. The van der Waals surface area contributed by atoms with Crippen LogP contribution in [0.2, 0.25) is 0 Å². The number of rotatable bonds is 62. The zero-order valence-electron chi connectivity index (χ0n) is 52.7. The molecule has 1 heterocycles. The van der Waals surface area contributed by atoms with E-state index in [1.54, 1.807) is 16.8 Å². The molecule has 2 atom stereocenters. The Balaban J connectivity index is 1.36. The van der Waals surface area contributed by atoms with Crippen molar-refractivity contribution >= 4 is 62.3 Å². The number of halogens is 1. The van der Waals surface area contributed by atoms with Gasteiger partial charge in [-0.3, -0.25) is 19.2 Å². The number of methoxy groups -OCH3 is 1. The van der Waals surface area contributed by atoms with Gasteiger partial charge in [-0.2, -0.15) is 0 Å². The zero-order valence-corrected chi connectivity index (χ0v) is 53.9. The number of hydrogen-bond donors (Lipinski definition) is 5. The van der Waals surface area contributed by atoms with Gasteiger partial charge < -0.3 is 77.9 Å². The number of ether oxygens (including phenoxy) is 14. The Morgan fingerprint density at radius 1 is 0.609 bits per heavy atom. The number of urea groups is 1. The molecule has 0 fully saturated rings. The fourth-order valence-corrected chi connectivity index (χ4v) is 8.51.